The number of nitrogens with one attached hydrogen (secondary N) is 1. The lowest BCUT2D eigenvalue weighted by atomic mass is 10.1. The topological polar surface area (TPSA) is 63.0 Å². The largest absolute Gasteiger partial charge is 0.396 e. The van der Waals surface area contributed by atoms with Crippen molar-refractivity contribution < 1.29 is 13.9 Å². The normalized spacial score (nSPS) is 11.1. The van der Waals surface area contributed by atoms with E-state index in [0.717, 1.165) is 0 Å². The van der Waals surface area contributed by atoms with Crippen molar-refractivity contribution in [3.8, 4) is 11.3 Å². The summed E-state index contributed by atoms with van der Waals surface area (Å²) in [7, 11) is 0. The van der Waals surface area contributed by atoms with Gasteiger partial charge in [0.15, 0.2) is 0 Å². The predicted octanol–water partition coefficient (Wildman–Crippen LogP) is 2.79. The average molecular weight is 303 g/mol. The molecule has 0 spiro atoms. The van der Waals surface area contributed by atoms with E-state index in [4.69, 9.17) is 16.7 Å². The van der Waals surface area contributed by atoms with Crippen LogP contribution in [0.3, 0.4) is 0 Å². The molecule has 0 atom stereocenters. The van der Waals surface area contributed by atoms with Crippen molar-refractivity contribution >= 4 is 17.3 Å². The summed E-state index contributed by atoms with van der Waals surface area (Å²) in [5.74, 6) is 0. The van der Waals surface area contributed by atoms with E-state index >= 15 is 0 Å². The molecule has 5 nitrogen and oxygen atoms in total. The van der Waals surface area contributed by atoms with Crippen molar-refractivity contribution in [3.63, 3.8) is 0 Å². The second-order valence-electron chi connectivity index (χ2n) is 4.02. The molecular formula is C12H13ClF2N4O. The van der Waals surface area contributed by atoms with Crippen molar-refractivity contribution in [1.82, 2.24) is 14.8 Å². The number of aromatic nitrogens is 3. The third kappa shape index (κ3) is 3.43. The number of alkyl halides is 2. The monoisotopic (exact) mass is 302 g/mol. The molecule has 0 amide bonds. The number of rotatable bonds is 6. The van der Waals surface area contributed by atoms with Gasteiger partial charge in [0.05, 0.1) is 5.69 Å². The van der Waals surface area contributed by atoms with Crippen LogP contribution in [0.4, 0.5) is 14.5 Å². The Kier molecular flexibility index (Phi) is 4.86. The highest BCUT2D eigenvalue weighted by Crippen LogP contribution is 2.28. The second-order valence-corrected chi connectivity index (χ2v) is 4.40. The molecule has 0 saturated heterocycles. The van der Waals surface area contributed by atoms with Gasteiger partial charge in [-0.2, -0.15) is 13.9 Å². The number of anilines is 1. The first kappa shape index (κ1) is 14.7. The Labute approximate surface area is 119 Å². The molecule has 20 heavy (non-hydrogen) atoms. The zero-order valence-electron chi connectivity index (χ0n) is 10.4. The third-order valence-corrected chi connectivity index (χ3v) is 2.81. The molecule has 0 aliphatic heterocycles. The molecule has 0 saturated carbocycles. The van der Waals surface area contributed by atoms with Crippen LogP contribution in [-0.4, -0.2) is 33.0 Å². The van der Waals surface area contributed by atoms with Crippen LogP contribution in [0.5, 0.6) is 0 Å². The Morgan fingerprint density at radius 3 is 2.90 bits per heavy atom. The number of aliphatic hydroxyl groups excluding tert-OH is 1. The molecular weight excluding hydrogens is 290 g/mol. The predicted molar refractivity (Wildman–Crippen MR) is 71.9 cm³/mol. The van der Waals surface area contributed by atoms with Crippen molar-refractivity contribution in [2.24, 2.45) is 0 Å². The number of aliphatic hydroxyl groups is 1. The van der Waals surface area contributed by atoms with Crippen LogP contribution < -0.4 is 5.32 Å². The smallest absolute Gasteiger partial charge is 0.333 e. The van der Waals surface area contributed by atoms with Crippen LogP contribution in [0.15, 0.2) is 24.5 Å². The Morgan fingerprint density at radius 1 is 1.45 bits per heavy atom. The first-order valence-corrected chi connectivity index (χ1v) is 6.33. The summed E-state index contributed by atoms with van der Waals surface area (Å²) < 4.78 is 25.6. The molecule has 0 aliphatic rings. The fourth-order valence-electron chi connectivity index (χ4n) is 1.67. The molecule has 0 fully saturated rings. The zero-order chi connectivity index (χ0) is 14.5. The maximum absolute atomic E-state index is 12.5. The van der Waals surface area contributed by atoms with E-state index in [1.54, 1.807) is 6.07 Å². The summed E-state index contributed by atoms with van der Waals surface area (Å²) in [6.07, 6.45) is 3.23. The minimum atomic E-state index is -2.69. The number of halogens is 3. The highest BCUT2D eigenvalue weighted by molar-refractivity contribution is 6.29. The molecule has 2 aromatic heterocycles. The van der Waals surface area contributed by atoms with E-state index in [0.29, 0.717) is 34.6 Å². The highest BCUT2D eigenvalue weighted by atomic mass is 35.5. The van der Waals surface area contributed by atoms with Crippen LogP contribution >= 0.6 is 11.6 Å². The minimum absolute atomic E-state index is 0.0567. The third-order valence-electron chi connectivity index (χ3n) is 2.61. The molecule has 0 bridgehead atoms. The molecule has 2 heterocycles. The van der Waals surface area contributed by atoms with Gasteiger partial charge in [-0.1, -0.05) is 11.6 Å². The summed E-state index contributed by atoms with van der Waals surface area (Å²) in [5.41, 5.74) is 1.59. The first-order valence-electron chi connectivity index (χ1n) is 5.96. The molecule has 2 aromatic rings. The Morgan fingerprint density at radius 2 is 2.25 bits per heavy atom. The van der Waals surface area contributed by atoms with Gasteiger partial charge >= 0.3 is 6.55 Å². The first-order chi connectivity index (χ1) is 9.61. The molecule has 2 N–H and O–H groups in total. The van der Waals surface area contributed by atoms with E-state index in [1.807, 2.05) is 0 Å². The van der Waals surface area contributed by atoms with Gasteiger partial charge in [0.25, 0.3) is 0 Å². The van der Waals surface area contributed by atoms with Gasteiger partial charge in [0.1, 0.15) is 5.15 Å². The molecule has 2 rings (SSSR count). The van der Waals surface area contributed by atoms with E-state index in [1.165, 1.54) is 18.5 Å². The summed E-state index contributed by atoms with van der Waals surface area (Å²) >= 11 is 5.83. The van der Waals surface area contributed by atoms with Gasteiger partial charge in [-0.3, -0.25) is 0 Å². The lowest BCUT2D eigenvalue weighted by molar-refractivity contribution is 0.0568. The van der Waals surface area contributed by atoms with Gasteiger partial charge in [0, 0.05) is 36.8 Å². The summed E-state index contributed by atoms with van der Waals surface area (Å²) in [6.45, 7) is -2.10. The molecule has 0 radical (unpaired) electrons. The SMILES string of the molecule is OCCCNc1cc(Cl)ncc1-c1ccn(C(F)F)n1. The van der Waals surface area contributed by atoms with Gasteiger partial charge in [-0.05, 0) is 18.6 Å². The summed E-state index contributed by atoms with van der Waals surface area (Å²) in [6, 6.07) is 3.07. The Bertz CT molecular complexity index is 576. The molecule has 0 unspecified atom stereocenters. The van der Waals surface area contributed by atoms with Gasteiger partial charge in [0.2, 0.25) is 0 Å². The molecule has 108 valence electrons. The van der Waals surface area contributed by atoms with Gasteiger partial charge in [-0.15, -0.1) is 0 Å². The van der Waals surface area contributed by atoms with Crippen LogP contribution in [0.1, 0.15) is 13.0 Å². The maximum atomic E-state index is 12.5. The summed E-state index contributed by atoms with van der Waals surface area (Å²) in [5, 5.41) is 15.9. The Balaban J connectivity index is 2.29. The quantitative estimate of drug-likeness (QED) is 0.636. The minimum Gasteiger partial charge on any atom is -0.396 e. The van der Waals surface area contributed by atoms with Crippen LogP contribution in [-0.2, 0) is 0 Å². The van der Waals surface area contributed by atoms with E-state index in [2.05, 4.69) is 15.4 Å². The van der Waals surface area contributed by atoms with Crippen LogP contribution in [0.2, 0.25) is 5.15 Å². The second kappa shape index (κ2) is 6.62. The van der Waals surface area contributed by atoms with E-state index < -0.39 is 6.55 Å². The standard InChI is InChI=1S/C12H13ClF2N4O/c13-11-6-10(16-3-1-5-20)8(7-17-11)9-2-4-19(18-9)12(14)15/h2,4,6-7,12,20H,1,3,5H2,(H,16,17). The number of hydrogen-bond donors (Lipinski definition) is 2. The lowest BCUT2D eigenvalue weighted by Crippen LogP contribution is -2.05. The summed E-state index contributed by atoms with van der Waals surface area (Å²) in [4.78, 5) is 3.94. The number of hydrogen-bond acceptors (Lipinski definition) is 4. The van der Waals surface area contributed by atoms with Crippen LogP contribution in [0.25, 0.3) is 11.3 Å². The maximum Gasteiger partial charge on any atom is 0.333 e. The average Bonchev–Trinajstić information content (AvgIpc) is 2.89. The number of pyridine rings is 1. The number of nitrogens with zero attached hydrogens (tertiary/aromatic N) is 3. The lowest BCUT2D eigenvalue weighted by Gasteiger charge is -2.10. The Hall–Kier alpha value is -1.73. The fraction of sp³-hybridized carbons (Fsp3) is 0.333. The fourth-order valence-corrected chi connectivity index (χ4v) is 1.83. The van der Waals surface area contributed by atoms with Gasteiger partial charge in [-0.25, -0.2) is 9.67 Å². The van der Waals surface area contributed by atoms with E-state index in [-0.39, 0.29) is 11.8 Å². The molecule has 0 aliphatic carbocycles. The van der Waals surface area contributed by atoms with Crippen molar-refractivity contribution in [2.45, 2.75) is 13.0 Å². The van der Waals surface area contributed by atoms with Crippen molar-refractivity contribution in [3.05, 3.63) is 29.7 Å². The van der Waals surface area contributed by atoms with Crippen LogP contribution in [0, 0.1) is 0 Å². The van der Waals surface area contributed by atoms with Gasteiger partial charge < -0.3 is 10.4 Å². The molecule has 8 heteroatoms. The zero-order valence-corrected chi connectivity index (χ0v) is 11.2. The van der Waals surface area contributed by atoms with Crippen molar-refractivity contribution in [2.75, 3.05) is 18.5 Å². The molecule has 0 aromatic carbocycles. The highest BCUT2D eigenvalue weighted by Gasteiger charge is 2.12. The van der Waals surface area contributed by atoms with Crippen molar-refractivity contribution in [1.29, 1.82) is 0 Å². The van der Waals surface area contributed by atoms with E-state index in [9.17, 15) is 8.78 Å².